The minimum atomic E-state index is 0.577. The molecule has 1 aliphatic rings. The van der Waals surface area contributed by atoms with Crippen LogP contribution in [0, 0.1) is 13.8 Å². The predicted molar refractivity (Wildman–Crippen MR) is 72.2 cm³/mol. The van der Waals surface area contributed by atoms with E-state index in [2.05, 4.69) is 39.1 Å². The molecule has 4 nitrogen and oxygen atoms in total. The third kappa shape index (κ3) is 1.70. The second-order valence-electron chi connectivity index (χ2n) is 4.73. The maximum absolute atomic E-state index is 5.92. The molecule has 2 heterocycles. The summed E-state index contributed by atoms with van der Waals surface area (Å²) in [5.41, 5.74) is 9.62. The molecule has 2 N–H and O–H groups in total. The number of nitrogens with zero attached hydrogens (tertiary/aromatic N) is 3. The first kappa shape index (κ1) is 11.0. The van der Waals surface area contributed by atoms with E-state index >= 15 is 0 Å². The van der Waals surface area contributed by atoms with Crippen molar-refractivity contribution in [3.05, 3.63) is 46.8 Å². The number of benzene rings is 1. The second-order valence-corrected chi connectivity index (χ2v) is 4.73. The summed E-state index contributed by atoms with van der Waals surface area (Å²) in [7, 11) is 0. The van der Waals surface area contributed by atoms with Gasteiger partial charge in [-0.25, -0.2) is 9.97 Å². The topological polar surface area (TPSA) is 55.0 Å². The van der Waals surface area contributed by atoms with Gasteiger partial charge < -0.3 is 10.6 Å². The zero-order chi connectivity index (χ0) is 12.7. The summed E-state index contributed by atoms with van der Waals surface area (Å²) >= 11 is 0. The van der Waals surface area contributed by atoms with Crippen molar-refractivity contribution in [2.45, 2.75) is 26.9 Å². The molecule has 0 amide bonds. The molecule has 0 fully saturated rings. The summed E-state index contributed by atoms with van der Waals surface area (Å²) in [6, 6.07) is 8.49. The first-order chi connectivity index (χ1) is 8.65. The maximum Gasteiger partial charge on any atom is 0.137 e. The number of aryl methyl sites for hydroxylation is 1. The van der Waals surface area contributed by atoms with E-state index in [-0.39, 0.29) is 0 Å². The lowest BCUT2D eigenvalue weighted by atomic mass is 10.1. The zero-order valence-corrected chi connectivity index (χ0v) is 10.6. The molecule has 1 aliphatic heterocycles. The van der Waals surface area contributed by atoms with E-state index in [0.29, 0.717) is 5.82 Å². The highest BCUT2D eigenvalue weighted by Gasteiger charge is 2.22. The van der Waals surface area contributed by atoms with Crippen molar-refractivity contribution in [2.75, 3.05) is 10.6 Å². The van der Waals surface area contributed by atoms with E-state index in [9.17, 15) is 0 Å². The lowest BCUT2D eigenvalue weighted by molar-refractivity contribution is 0.836. The predicted octanol–water partition coefficient (Wildman–Crippen LogP) is 2.20. The minimum Gasteiger partial charge on any atom is -0.383 e. The Morgan fingerprint density at radius 1 is 1.06 bits per heavy atom. The smallest absolute Gasteiger partial charge is 0.137 e. The van der Waals surface area contributed by atoms with Crippen LogP contribution in [0.5, 0.6) is 0 Å². The number of nitrogens with two attached hydrogens (primary N) is 1. The Kier molecular flexibility index (Phi) is 2.44. The fourth-order valence-corrected chi connectivity index (χ4v) is 2.43. The molecule has 0 bridgehead atoms. The lowest BCUT2D eigenvalue weighted by Crippen LogP contribution is -2.19. The highest BCUT2D eigenvalue weighted by Crippen LogP contribution is 2.30. The molecule has 0 saturated heterocycles. The van der Waals surface area contributed by atoms with Crippen molar-refractivity contribution in [1.82, 2.24) is 9.97 Å². The lowest BCUT2D eigenvalue weighted by Gasteiger charge is -2.19. The summed E-state index contributed by atoms with van der Waals surface area (Å²) < 4.78 is 0. The second kappa shape index (κ2) is 3.98. The molecule has 92 valence electrons. The Morgan fingerprint density at radius 3 is 2.28 bits per heavy atom. The molecule has 0 radical (unpaired) electrons. The maximum atomic E-state index is 5.92. The fraction of sp³-hybridized carbons (Fsp3) is 0.286. The van der Waals surface area contributed by atoms with Crippen LogP contribution in [0.2, 0.25) is 0 Å². The average Bonchev–Trinajstić information content (AvgIpc) is 2.77. The van der Waals surface area contributed by atoms with Crippen LogP contribution < -0.4 is 10.6 Å². The van der Waals surface area contributed by atoms with Crippen LogP contribution in [-0.4, -0.2) is 9.97 Å². The fourth-order valence-electron chi connectivity index (χ4n) is 2.43. The van der Waals surface area contributed by atoms with Gasteiger partial charge >= 0.3 is 0 Å². The van der Waals surface area contributed by atoms with Gasteiger partial charge in [-0.1, -0.05) is 24.3 Å². The van der Waals surface area contributed by atoms with Crippen LogP contribution >= 0.6 is 0 Å². The van der Waals surface area contributed by atoms with Crippen LogP contribution in [0.25, 0.3) is 0 Å². The molecule has 1 aromatic heterocycles. The number of rotatable bonds is 1. The first-order valence-electron chi connectivity index (χ1n) is 6.07. The molecular formula is C14H16N4. The molecule has 0 saturated carbocycles. The number of nitrogen functional groups attached to an aromatic ring is 1. The van der Waals surface area contributed by atoms with Gasteiger partial charge in [-0.3, -0.25) is 0 Å². The van der Waals surface area contributed by atoms with E-state index in [4.69, 9.17) is 5.73 Å². The van der Waals surface area contributed by atoms with Crippen LogP contribution in [0.15, 0.2) is 24.3 Å². The van der Waals surface area contributed by atoms with E-state index < -0.39 is 0 Å². The minimum absolute atomic E-state index is 0.577. The van der Waals surface area contributed by atoms with Gasteiger partial charge in [0.05, 0.1) is 0 Å². The van der Waals surface area contributed by atoms with E-state index in [1.807, 2.05) is 13.8 Å². The highest BCUT2D eigenvalue weighted by molar-refractivity contribution is 5.58. The highest BCUT2D eigenvalue weighted by atomic mass is 15.2. The van der Waals surface area contributed by atoms with Gasteiger partial charge in [0, 0.05) is 18.7 Å². The van der Waals surface area contributed by atoms with Crippen molar-refractivity contribution >= 4 is 11.6 Å². The van der Waals surface area contributed by atoms with Gasteiger partial charge in [-0.05, 0) is 25.0 Å². The third-order valence-electron chi connectivity index (χ3n) is 3.41. The van der Waals surface area contributed by atoms with Gasteiger partial charge in [0.2, 0.25) is 0 Å². The number of hydrogen-bond acceptors (Lipinski definition) is 4. The Bertz CT molecular complexity index is 582. The van der Waals surface area contributed by atoms with Crippen molar-refractivity contribution in [1.29, 1.82) is 0 Å². The largest absolute Gasteiger partial charge is 0.383 e. The number of hydrogen-bond donors (Lipinski definition) is 1. The van der Waals surface area contributed by atoms with Gasteiger partial charge in [0.15, 0.2) is 0 Å². The Morgan fingerprint density at radius 2 is 1.67 bits per heavy atom. The first-order valence-corrected chi connectivity index (χ1v) is 6.07. The molecule has 1 aromatic carbocycles. The van der Waals surface area contributed by atoms with Gasteiger partial charge in [0.1, 0.15) is 17.5 Å². The molecule has 0 atom stereocenters. The molecule has 3 rings (SSSR count). The molecule has 0 spiro atoms. The molecule has 18 heavy (non-hydrogen) atoms. The normalized spacial score (nSPS) is 13.8. The third-order valence-corrected chi connectivity index (χ3v) is 3.41. The molecular weight excluding hydrogens is 224 g/mol. The van der Waals surface area contributed by atoms with Crippen molar-refractivity contribution in [2.24, 2.45) is 0 Å². The average molecular weight is 240 g/mol. The standard InChI is InChI=1S/C14H16N4/c1-9-13(15)16-10(2)17-14(9)18-7-11-5-3-4-6-12(11)8-18/h3-6H,7-8H2,1-2H3,(H2,15,16,17). The summed E-state index contributed by atoms with van der Waals surface area (Å²) in [6.45, 7) is 5.65. The Hall–Kier alpha value is -2.10. The van der Waals surface area contributed by atoms with Crippen molar-refractivity contribution < 1.29 is 0 Å². The van der Waals surface area contributed by atoms with E-state index in [1.54, 1.807) is 0 Å². The SMILES string of the molecule is Cc1nc(N)c(C)c(N2Cc3ccccc3C2)n1. The van der Waals surface area contributed by atoms with Gasteiger partial charge in [0.25, 0.3) is 0 Å². The van der Waals surface area contributed by atoms with Crippen LogP contribution in [0.4, 0.5) is 11.6 Å². The number of fused-ring (bicyclic) bond motifs is 1. The molecule has 0 unspecified atom stereocenters. The molecule has 4 heteroatoms. The van der Waals surface area contributed by atoms with Crippen LogP contribution in [-0.2, 0) is 13.1 Å². The van der Waals surface area contributed by atoms with Crippen LogP contribution in [0.1, 0.15) is 22.5 Å². The van der Waals surface area contributed by atoms with E-state index in [1.165, 1.54) is 11.1 Å². The molecule has 0 aliphatic carbocycles. The van der Waals surface area contributed by atoms with E-state index in [0.717, 1.165) is 30.3 Å². The van der Waals surface area contributed by atoms with Gasteiger partial charge in [-0.15, -0.1) is 0 Å². The Balaban J connectivity index is 2.00. The molecule has 2 aromatic rings. The number of anilines is 2. The summed E-state index contributed by atoms with van der Waals surface area (Å²) in [6.07, 6.45) is 0. The summed E-state index contributed by atoms with van der Waals surface area (Å²) in [4.78, 5) is 11.0. The summed E-state index contributed by atoms with van der Waals surface area (Å²) in [5.74, 6) is 2.26. The summed E-state index contributed by atoms with van der Waals surface area (Å²) in [5, 5.41) is 0. The number of aromatic nitrogens is 2. The van der Waals surface area contributed by atoms with Crippen molar-refractivity contribution in [3.8, 4) is 0 Å². The van der Waals surface area contributed by atoms with Gasteiger partial charge in [-0.2, -0.15) is 0 Å². The Labute approximate surface area is 106 Å². The monoisotopic (exact) mass is 240 g/mol. The zero-order valence-electron chi connectivity index (χ0n) is 10.6. The van der Waals surface area contributed by atoms with Crippen LogP contribution in [0.3, 0.4) is 0 Å². The van der Waals surface area contributed by atoms with Crippen molar-refractivity contribution in [3.63, 3.8) is 0 Å². The quantitative estimate of drug-likeness (QED) is 0.830.